The Morgan fingerprint density at radius 3 is 2.25 bits per heavy atom. The number of benzene rings is 2. The zero-order valence-corrected chi connectivity index (χ0v) is 16.0. The molecule has 0 aliphatic rings. The van der Waals surface area contributed by atoms with E-state index in [0.717, 1.165) is 44.7 Å². The van der Waals surface area contributed by atoms with Crippen molar-refractivity contribution in [2.45, 2.75) is 20.3 Å². The zero-order valence-electron chi connectivity index (χ0n) is 16.0. The third kappa shape index (κ3) is 3.67. The summed E-state index contributed by atoms with van der Waals surface area (Å²) in [5, 5.41) is 8.15. The molecule has 0 unspecified atom stereocenters. The van der Waals surface area contributed by atoms with Crippen LogP contribution in [0.1, 0.15) is 25.0 Å². The second-order valence-electron chi connectivity index (χ2n) is 6.43. The summed E-state index contributed by atoms with van der Waals surface area (Å²) in [6, 6.07) is 10.3. The molecule has 6 nitrogen and oxygen atoms in total. The van der Waals surface area contributed by atoms with E-state index in [1.165, 1.54) is 6.33 Å². The molecule has 2 aromatic heterocycles. The molecule has 0 spiro atoms. The van der Waals surface area contributed by atoms with Crippen molar-refractivity contribution in [2.75, 3.05) is 13.2 Å². The van der Waals surface area contributed by atoms with Gasteiger partial charge in [0.15, 0.2) is 0 Å². The number of aromatic nitrogens is 4. The maximum absolute atomic E-state index is 6.02. The smallest absolute Gasteiger partial charge is 0.131 e. The molecule has 28 heavy (non-hydrogen) atoms. The van der Waals surface area contributed by atoms with Gasteiger partial charge in [-0.25, -0.2) is 9.97 Å². The third-order valence-corrected chi connectivity index (χ3v) is 4.48. The van der Waals surface area contributed by atoms with E-state index in [4.69, 9.17) is 9.47 Å². The Morgan fingerprint density at radius 2 is 1.57 bits per heavy atom. The monoisotopic (exact) mass is 374 g/mol. The highest BCUT2D eigenvalue weighted by Gasteiger charge is 2.17. The molecule has 0 saturated heterocycles. The second-order valence-corrected chi connectivity index (χ2v) is 6.43. The molecule has 0 atom stereocenters. The first kappa shape index (κ1) is 18.0. The second kappa shape index (κ2) is 8.08. The lowest BCUT2D eigenvalue weighted by atomic mass is 9.98. The standard InChI is InChI=1S/C22H22N4O2/c1-3-27-20-8-15(7-16-11-23-14-24-12-16)9-21(28-4-2)22(20)17-5-6-19-18(10-17)13-25-26-19/h5-6,8-14H,3-4,7H2,1-2H3,(H,25,26). The van der Waals surface area contributed by atoms with Crippen molar-refractivity contribution in [3.63, 3.8) is 0 Å². The first-order valence-corrected chi connectivity index (χ1v) is 9.38. The first-order valence-electron chi connectivity index (χ1n) is 9.38. The SMILES string of the molecule is CCOc1cc(Cc2cncnc2)cc(OCC)c1-c1ccc2[nH]ncc2c1. The summed E-state index contributed by atoms with van der Waals surface area (Å²) in [6.07, 6.45) is 7.73. The van der Waals surface area contributed by atoms with Crippen LogP contribution < -0.4 is 9.47 Å². The van der Waals surface area contributed by atoms with Gasteiger partial charge in [0.2, 0.25) is 0 Å². The normalized spacial score (nSPS) is 10.9. The number of nitrogens with zero attached hydrogens (tertiary/aromatic N) is 3. The van der Waals surface area contributed by atoms with E-state index < -0.39 is 0 Å². The minimum Gasteiger partial charge on any atom is -0.493 e. The highest BCUT2D eigenvalue weighted by molar-refractivity contribution is 5.87. The lowest BCUT2D eigenvalue weighted by Gasteiger charge is -2.18. The maximum atomic E-state index is 6.02. The number of ether oxygens (including phenoxy) is 2. The van der Waals surface area contributed by atoms with Gasteiger partial charge in [0.25, 0.3) is 0 Å². The molecule has 0 saturated carbocycles. The van der Waals surface area contributed by atoms with Crippen LogP contribution in [0.5, 0.6) is 11.5 Å². The Labute approximate surface area is 163 Å². The van der Waals surface area contributed by atoms with Crippen LogP contribution in [-0.2, 0) is 6.42 Å². The summed E-state index contributed by atoms with van der Waals surface area (Å²) < 4.78 is 12.0. The van der Waals surface area contributed by atoms with E-state index >= 15 is 0 Å². The fourth-order valence-corrected chi connectivity index (χ4v) is 3.32. The zero-order chi connectivity index (χ0) is 19.3. The molecule has 4 aromatic rings. The van der Waals surface area contributed by atoms with Gasteiger partial charge in [0, 0.05) is 24.2 Å². The summed E-state index contributed by atoms with van der Waals surface area (Å²) in [4.78, 5) is 8.21. The molecule has 0 aliphatic carbocycles. The molecule has 0 aliphatic heterocycles. The van der Waals surface area contributed by atoms with Gasteiger partial charge in [0.05, 0.1) is 30.5 Å². The maximum Gasteiger partial charge on any atom is 0.131 e. The van der Waals surface area contributed by atoms with Gasteiger partial charge in [-0.1, -0.05) is 6.07 Å². The number of aromatic amines is 1. The number of hydrogen-bond donors (Lipinski definition) is 1. The molecular weight excluding hydrogens is 352 g/mol. The van der Waals surface area contributed by atoms with Crippen molar-refractivity contribution in [3.8, 4) is 22.6 Å². The average Bonchev–Trinajstić information content (AvgIpc) is 3.17. The molecule has 1 N–H and O–H groups in total. The van der Waals surface area contributed by atoms with E-state index in [1.807, 2.05) is 38.5 Å². The molecule has 6 heteroatoms. The molecule has 142 valence electrons. The van der Waals surface area contributed by atoms with E-state index in [-0.39, 0.29) is 0 Å². The highest BCUT2D eigenvalue weighted by atomic mass is 16.5. The minimum absolute atomic E-state index is 0.574. The highest BCUT2D eigenvalue weighted by Crippen LogP contribution is 2.41. The Bertz CT molecular complexity index is 1050. The number of H-pyrrole nitrogens is 1. The Kier molecular flexibility index (Phi) is 5.19. The summed E-state index contributed by atoms with van der Waals surface area (Å²) in [7, 11) is 0. The Hall–Kier alpha value is -3.41. The largest absolute Gasteiger partial charge is 0.493 e. The average molecular weight is 374 g/mol. The molecule has 2 heterocycles. The van der Waals surface area contributed by atoms with Crippen molar-refractivity contribution < 1.29 is 9.47 Å². The summed E-state index contributed by atoms with van der Waals surface area (Å²) >= 11 is 0. The van der Waals surface area contributed by atoms with Gasteiger partial charge in [-0.15, -0.1) is 0 Å². The number of nitrogens with one attached hydrogen (secondary N) is 1. The molecule has 0 bridgehead atoms. The van der Waals surface area contributed by atoms with Crippen LogP contribution in [0.2, 0.25) is 0 Å². The van der Waals surface area contributed by atoms with Crippen LogP contribution >= 0.6 is 0 Å². The Balaban J connectivity index is 1.83. The summed E-state index contributed by atoms with van der Waals surface area (Å²) in [5.74, 6) is 1.62. The van der Waals surface area contributed by atoms with Gasteiger partial charge in [-0.3, -0.25) is 5.10 Å². The molecule has 0 fully saturated rings. The molecule has 0 amide bonds. The van der Waals surface area contributed by atoms with Crippen molar-refractivity contribution >= 4 is 10.9 Å². The number of fused-ring (bicyclic) bond motifs is 1. The van der Waals surface area contributed by atoms with Crippen molar-refractivity contribution in [1.29, 1.82) is 0 Å². The van der Waals surface area contributed by atoms with Crippen LogP contribution in [0.4, 0.5) is 0 Å². The van der Waals surface area contributed by atoms with Gasteiger partial charge in [-0.2, -0.15) is 5.10 Å². The lowest BCUT2D eigenvalue weighted by Crippen LogP contribution is -2.02. The van der Waals surface area contributed by atoms with Crippen LogP contribution in [-0.4, -0.2) is 33.4 Å². The molecular formula is C22H22N4O2. The lowest BCUT2D eigenvalue weighted by molar-refractivity contribution is 0.325. The predicted octanol–water partition coefficient (Wildman–Crippen LogP) is 4.41. The van der Waals surface area contributed by atoms with Crippen molar-refractivity contribution in [2.24, 2.45) is 0 Å². The summed E-state index contributed by atoms with van der Waals surface area (Å²) in [6.45, 7) is 5.12. The fourth-order valence-electron chi connectivity index (χ4n) is 3.32. The predicted molar refractivity (Wildman–Crippen MR) is 109 cm³/mol. The van der Waals surface area contributed by atoms with Crippen molar-refractivity contribution in [3.05, 3.63) is 66.4 Å². The van der Waals surface area contributed by atoms with Gasteiger partial charge in [0.1, 0.15) is 17.8 Å². The van der Waals surface area contributed by atoms with Gasteiger partial charge < -0.3 is 9.47 Å². The van der Waals surface area contributed by atoms with Crippen LogP contribution in [0.25, 0.3) is 22.0 Å². The van der Waals surface area contributed by atoms with Gasteiger partial charge >= 0.3 is 0 Å². The molecule has 0 radical (unpaired) electrons. The van der Waals surface area contributed by atoms with Crippen LogP contribution in [0.15, 0.2) is 55.2 Å². The molecule has 2 aromatic carbocycles. The van der Waals surface area contributed by atoms with E-state index in [9.17, 15) is 0 Å². The summed E-state index contributed by atoms with van der Waals surface area (Å²) in [5.41, 5.74) is 5.13. The minimum atomic E-state index is 0.574. The van der Waals surface area contributed by atoms with Crippen molar-refractivity contribution in [1.82, 2.24) is 20.2 Å². The van der Waals surface area contributed by atoms with E-state index in [2.05, 4.69) is 44.4 Å². The van der Waals surface area contributed by atoms with Crippen LogP contribution in [0, 0.1) is 0 Å². The Morgan fingerprint density at radius 1 is 0.857 bits per heavy atom. The number of hydrogen-bond acceptors (Lipinski definition) is 5. The number of rotatable bonds is 7. The van der Waals surface area contributed by atoms with E-state index in [0.29, 0.717) is 19.6 Å². The third-order valence-electron chi connectivity index (χ3n) is 4.48. The molecule has 4 rings (SSSR count). The van der Waals surface area contributed by atoms with E-state index in [1.54, 1.807) is 0 Å². The first-order chi connectivity index (χ1) is 13.8. The quantitative estimate of drug-likeness (QED) is 0.519. The fraction of sp³-hybridized carbons (Fsp3) is 0.227. The van der Waals surface area contributed by atoms with Gasteiger partial charge in [-0.05, 0) is 54.8 Å². The topological polar surface area (TPSA) is 72.9 Å². The van der Waals surface area contributed by atoms with Crippen LogP contribution in [0.3, 0.4) is 0 Å².